The van der Waals surface area contributed by atoms with Crippen molar-refractivity contribution < 1.29 is 23.7 Å². The van der Waals surface area contributed by atoms with Crippen LogP contribution in [0.3, 0.4) is 0 Å². The summed E-state index contributed by atoms with van der Waals surface area (Å²) in [6, 6.07) is 9.28. The van der Waals surface area contributed by atoms with E-state index in [4.69, 9.17) is 9.15 Å². The summed E-state index contributed by atoms with van der Waals surface area (Å²) < 4.78 is 10.1. The maximum Gasteiger partial charge on any atom is 0.433 e. The molecule has 0 aliphatic carbocycles. The highest BCUT2D eigenvalue weighted by atomic mass is 16.6. The maximum atomic E-state index is 12.4. The highest BCUT2D eigenvalue weighted by Gasteiger charge is 2.19. The Kier molecular flexibility index (Phi) is 5.28. The topological polar surface area (TPSA) is 115 Å². The van der Waals surface area contributed by atoms with Gasteiger partial charge in [-0.2, -0.15) is 0 Å². The first-order valence-corrected chi connectivity index (χ1v) is 8.03. The number of morpholine rings is 1. The van der Waals surface area contributed by atoms with Crippen LogP contribution in [-0.4, -0.2) is 47.9 Å². The Morgan fingerprint density at radius 3 is 2.42 bits per heavy atom. The molecular weight excluding hydrogens is 342 g/mol. The minimum atomic E-state index is -0.707. The van der Waals surface area contributed by atoms with Gasteiger partial charge in [-0.05, 0) is 23.8 Å². The lowest BCUT2D eigenvalue weighted by Gasteiger charge is -2.26. The molecule has 0 saturated carbocycles. The second-order valence-electron chi connectivity index (χ2n) is 5.68. The minimum Gasteiger partial charge on any atom is -0.395 e. The monoisotopic (exact) mass is 359 g/mol. The van der Waals surface area contributed by atoms with Crippen molar-refractivity contribution in [3.8, 4) is 0 Å². The summed E-state index contributed by atoms with van der Waals surface area (Å²) >= 11 is 0. The second-order valence-corrected chi connectivity index (χ2v) is 5.68. The normalized spacial score (nSPS) is 14.1. The molecule has 3 rings (SSSR count). The first-order valence-electron chi connectivity index (χ1n) is 8.03. The van der Waals surface area contributed by atoms with Crippen molar-refractivity contribution in [3.05, 3.63) is 63.4 Å². The molecule has 2 aromatic rings. The van der Waals surface area contributed by atoms with Gasteiger partial charge in [0.25, 0.3) is 11.8 Å². The number of ether oxygens (including phenoxy) is 1. The zero-order valence-electron chi connectivity index (χ0n) is 13.8. The smallest absolute Gasteiger partial charge is 0.395 e. The van der Waals surface area contributed by atoms with Gasteiger partial charge in [0.1, 0.15) is 4.92 Å². The van der Waals surface area contributed by atoms with E-state index in [1.807, 2.05) is 0 Å². The Morgan fingerprint density at radius 1 is 1.12 bits per heavy atom. The van der Waals surface area contributed by atoms with Crippen molar-refractivity contribution in [1.82, 2.24) is 10.2 Å². The van der Waals surface area contributed by atoms with Crippen LogP contribution in [0.15, 0.2) is 40.8 Å². The van der Waals surface area contributed by atoms with Gasteiger partial charge < -0.3 is 19.4 Å². The Balaban J connectivity index is 1.56. The SMILES string of the molecule is O=C(NCc1ccc(C(=O)N2CCOCC2)cc1)c1ccc([N+](=O)[O-])o1. The number of carbonyl (C=O) groups is 2. The van der Waals surface area contributed by atoms with E-state index >= 15 is 0 Å². The van der Waals surface area contributed by atoms with Crippen LogP contribution >= 0.6 is 0 Å². The fourth-order valence-electron chi connectivity index (χ4n) is 2.53. The maximum absolute atomic E-state index is 12.4. The number of nitrogens with one attached hydrogen (secondary N) is 1. The lowest BCUT2D eigenvalue weighted by molar-refractivity contribution is -0.402. The molecule has 0 unspecified atom stereocenters. The van der Waals surface area contributed by atoms with Gasteiger partial charge in [-0.3, -0.25) is 19.7 Å². The van der Waals surface area contributed by atoms with Gasteiger partial charge >= 0.3 is 5.88 Å². The second kappa shape index (κ2) is 7.79. The molecule has 0 bridgehead atoms. The third-order valence-corrected chi connectivity index (χ3v) is 3.95. The van der Waals surface area contributed by atoms with Crippen LogP contribution in [0.5, 0.6) is 0 Å². The van der Waals surface area contributed by atoms with E-state index < -0.39 is 16.7 Å². The first kappa shape index (κ1) is 17.6. The molecule has 0 spiro atoms. The Bertz CT molecular complexity index is 808. The molecular formula is C17H17N3O6. The molecule has 2 heterocycles. The number of furan rings is 1. The summed E-state index contributed by atoms with van der Waals surface area (Å²) in [5, 5.41) is 13.2. The third kappa shape index (κ3) is 4.06. The summed E-state index contributed by atoms with van der Waals surface area (Å²) in [4.78, 5) is 35.9. The molecule has 0 atom stereocenters. The number of hydrogen-bond acceptors (Lipinski definition) is 6. The van der Waals surface area contributed by atoms with Crippen LogP contribution in [0, 0.1) is 10.1 Å². The standard InChI is InChI=1S/C17H17N3O6/c21-16(14-5-6-15(26-14)20(23)24)18-11-12-1-3-13(4-2-12)17(22)19-7-9-25-10-8-19/h1-6H,7-11H2,(H,18,21). The van der Waals surface area contributed by atoms with E-state index in [2.05, 4.69) is 5.32 Å². The number of rotatable bonds is 5. The van der Waals surface area contributed by atoms with E-state index in [1.54, 1.807) is 29.2 Å². The van der Waals surface area contributed by atoms with Gasteiger partial charge in [0, 0.05) is 25.2 Å². The Hall–Kier alpha value is -3.20. The molecule has 0 radical (unpaired) electrons. The highest BCUT2D eigenvalue weighted by Crippen LogP contribution is 2.15. The molecule has 1 fully saturated rings. The van der Waals surface area contributed by atoms with Crippen molar-refractivity contribution in [2.24, 2.45) is 0 Å². The average molecular weight is 359 g/mol. The zero-order chi connectivity index (χ0) is 18.5. The summed E-state index contributed by atoms with van der Waals surface area (Å²) in [5.74, 6) is -1.21. The van der Waals surface area contributed by atoms with Gasteiger partial charge in [-0.25, -0.2) is 0 Å². The lowest BCUT2D eigenvalue weighted by atomic mass is 10.1. The zero-order valence-corrected chi connectivity index (χ0v) is 13.8. The first-order chi connectivity index (χ1) is 12.5. The van der Waals surface area contributed by atoms with Crippen molar-refractivity contribution >= 4 is 17.7 Å². The Morgan fingerprint density at radius 2 is 1.81 bits per heavy atom. The predicted octanol–water partition coefficient (Wildman–Crippen LogP) is 1.59. The van der Waals surface area contributed by atoms with E-state index in [-0.39, 0.29) is 18.2 Å². The molecule has 9 heteroatoms. The van der Waals surface area contributed by atoms with Gasteiger partial charge in [-0.1, -0.05) is 12.1 Å². The molecule has 9 nitrogen and oxygen atoms in total. The number of nitro groups is 1. The molecule has 1 aliphatic rings. The van der Waals surface area contributed by atoms with Crippen molar-refractivity contribution in [3.63, 3.8) is 0 Å². The highest BCUT2D eigenvalue weighted by molar-refractivity contribution is 5.94. The van der Waals surface area contributed by atoms with Crippen LogP contribution in [0.25, 0.3) is 0 Å². The lowest BCUT2D eigenvalue weighted by Crippen LogP contribution is -2.40. The molecule has 1 aromatic heterocycles. The minimum absolute atomic E-state index is 0.0493. The number of carbonyl (C=O) groups excluding carboxylic acids is 2. The largest absolute Gasteiger partial charge is 0.433 e. The average Bonchev–Trinajstić information content (AvgIpc) is 3.17. The number of nitrogens with zero attached hydrogens (tertiary/aromatic N) is 2. The number of benzene rings is 1. The molecule has 136 valence electrons. The predicted molar refractivity (Wildman–Crippen MR) is 89.7 cm³/mol. The van der Waals surface area contributed by atoms with Gasteiger partial charge in [0.15, 0.2) is 5.76 Å². The molecule has 1 aromatic carbocycles. The van der Waals surface area contributed by atoms with Crippen LogP contribution in [0.1, 0.15) is 26.5 Å². The van der Waals surface area contributed by atoms with E-state index in [0.29, 0.717) is 31.9 Å². The van der Waals surface area contributed by atoms with Crippen LogP contribution in [0.2, 0.25) is 0 Å². The molecule has 1 N–H and O–H groups in total. The van der Waals surface area contributed by atoms with Gasteiger partial charge in [-0.15, -0.1) is 0 Å². The molecule has 1 saturated heterocycles. The summed E-state index contributed by atoms with van der Waals surface area (Å²) in [6.45, 7) is 2.44. The summed E-state index contributed by atoms with van der Waals surface area (Å²) in [6.07, 6.45) is 0. The summed E-state index contributed by atoms with van der Waals surface area (Å²) in [7, 11) is 0. The van der Waals surface area contributed by atoms with Gasteiger partial charge in [0.05, 0.1) is 19.3 Å². The van der Waals surface area contributed by atoms with Crippen molar-refractivity contribution in [2.75, 3.05) is 26.3 Å². The van der Waals surface area contributed by atoms with E-state index in [1.165, 1.54) is 6.07 Å². The van der Waals surface area contributed by atoms with Crippen LogP contribution in [-0.2, 0) is 11.3 Å². The molecule has 2 amide bonds. The fraction of sp³-hybridized carbons (Fsp3) is 0.294. The quantitative estimate of drug-likeness (QED) is 0.640. The summed E-state index contributed by atoms with van der Waals surface area (Å²) in [5.41, 5.74) is 1.36. The van der Waals surface area contributed by atoms with Crippen LogP contribution in [0.4, 0.5) is 5.88 Å². The number of amides is 2. The Labute approximate surface area is 148 Å². The fourth-order valence-corrected chi connectivity index (χ4v) is 2.53. The van der Waals surface area contributed by atoms with Crippen molar-refractivity contribution in [1.29, 1.82) is 0 Å². The molecule has 1 aliphatic heterocycles. The van der Waals surface area contributed by atoms with Crippen LogP contribution < -0.4 is 5.32 Å². The number of hydrogen-bond donors (Lipinski definition) is 1. The third-order valence-electron chi connectivity index (χ3n) is 3.95. The van der Waals surface area contributed by atoms with Crippen molar-refractivity contribution in [2.45, 2.75) is 6.54 Å². The van der Waals surface area contributed by atoms with Gasteiger partial charge in [0.2, 0.25) is 0 Å². The molecule has 26 heavy (non-hydrogen) atoms. The van der Waals surface area contributed by atoms with E-state index in [0.717, 1.165) is 11.6 Å². The van der Waals surface area contributed by atoms with E-state index in [9.17, 15) is 19.7 Å².